The number of ether oxygens (including phenoxy) is 3. The summed E-state index contributed by atoms with van der Waals surface area (Å²) in [4.78, 5) is 21.9. The zero-order valence-electron chi connectivity index (χ0n) is 8.06. The van der Waals surface area contributed by atoms with E-state index in [0.717, 1.165) is 0 Å². The fourth-order valence-corrected chi connectivity index (χ4v) is 1.06. The Bertz CT molecular complexity index is 258. The van der Waals surface area contributed by atoms with Gasteiger partial charge in [0.1, 0.15) is 6.10 Å². The van der Waals surface area contributed by atoms with Crippen LogP contribution in [0.2, 0.25) is 0 Å². The normalized spacial score (nSPS) is 26.0. The van der Waals surface area contributed by atoms with Crippen LogP contribution in [0, 0.1) is 0 Å². The van der Waals surface area contributed by atoms with Crippen LogP contribution in [0.3, 0.4) is 0 Å². The molecule has 0 spiro atoms. The van der Waals surface area contributed by atoms with Crippen LogP contribution in [0.25, 0.3) is 0 Å². The van der Waals surface area contributed by atoms with Gasteiger partial charge in [0.2, 0.25) is 6.29 Å². The number of hydrogen-bond acceptors (Lipinski definition) is 5. The van der Waals surface area contributed by atoms with Gasteiger partial charge in [-0.05, 0) is 18.6 Å². The lowest BCUT2D eigenvalue weighted by atomic mass is 10.1. The molecular weight excluding hydrogens is 188 g/mol. The molecule has 5 heteroatoms. The molecule has 0 radical (unpaired) electrons. The maximum absolute atomic E-state index is 11.1. The molecule has 0 fully saturated rings. The van der Waals surface area contributed by atoms with Gasteiger partial charge < -0.3 is 14.2 Å². The number of hydrogen-bond donors (Lipinski definition) is 0. The van der Waals surface area contributed by atoms with E-state index in [2.05, 4.69) is 4.74 Å². The first-order chi connectivity index (χ1) is 6.67. The van der Waals surface area contributed by atoms with Crippen LogP contribution >= 0.6 is 0 Å². The monoisotopic (exact) mass is 200 g/mol. The van der Waals surface area contributed by atoms with Gasteiger partial charge in [0.05, 0.1) is 7.11 Å². The summed E-state index contributed by atoms with van der Waals surface area (Å²) in [5, 5.41) is 0. The van der Waals surface area contributed by atoms with Crippen LogP contribution < -0.4 is 0 Å². The van der Waals surface area contributed by atoms with Crippen molar-refractivity contribution in [3.63, 3.8) is 0 Å². The van der Waals surface area contributed by atoms with Gasteiger partial charge in [0, 0.05) is 0 Å². The smallest absolute Gasteiger partial charge is 0.438 e. The molecule has 1 rings (SSSR count). The SMILES string of the molecule is CCC1OC(OC(=O)OC)C=CC1=O. The van der Waals surface area contributed by atoms with E-state index in [1.807, 2.05) is 6.92 Å². The zero-order chi connectivity index (χ0) is 10.6. The summed E-state index contributed by atoms with van der Waals surface area (Å²) in [5.74, 6) is -0.114. The van der Waals surface area contributed by atoms with Crippen LogP contribution in [-0.2, 0) is 19.0 Å². The second-order valence-corrected chi connectivity index (χ2v) is 2.73. The number of ketones is 1. The van der Waals surface area contributed by atoms with Crippen LogP contribution in [0.4, 0.5) is 4.79 Å². The lowest BCUT2D eigenvalue weighted by molar-refractivity contribution is -0.153. The lowest BCUT2D eigenvalue weighted by Gasteiger charge is -2.22. The van der Waals surface area contributed by atoms with Crippen molar-refractivity contribution >= 4 is 11.9 Å². The maximum atomic E-state index is 11.1. The highest BCUT2D eigenvalue weighted by atomic mass is 16.8. The predicted octanol–water partition coefficient (Wildman–Crippen LogP) is 1.03. The summed E-state index contributed by atoms with van der Waals surface area (Å²) in [6, 6.07) is 0. The van der Waals surface area contributed by atoms with Gasteiger partial charge in [0.25, 0.3) is 0 Å². The highest BCUT2D eigenvalue weighted by molar-refractivity contribution is 5.94. The molecule has 0 N–H and O–H groups in total. The van der Waals surface area contributed by atoms with Crippen molar-refractivity contribution in [3.05, 3.63) is 12.2 Å². The van der Waals surface area contributed by atoms with E-state index in [9.17, 15) is 9.59 Å². The molecule has 1 aliphatic rings. The Balaban J connectivity index is 2.53. The van der Waals surface area contributed by atoms with E-state index in [0.29, 0.717) is 6.42 Å². The van der Waals surface area contributed by atoms with Crippen molar-refractivity contribution in [2.45, 2.75) is 25.7 Å². The third-order valence-corrected chi connectivity index (χ3v) is 1.78. The quantitative estimate of drug-likeness (QED) is 0.623. The second-order valence-electron chi connectivity index (χ2n) is 2.73. The van der Waals surface area contributed by atoms with E-state index in [1.54, 1.807) is 0 Å². The van der Waals surface area contributed by atoms with Gasteiger partial charge in [0.15, 0.2) is 5.78 Å². The molecule has 0 amide bonds. The third-order valence-electron chi connectivity index (χ3n) is 1.78. The van der Waals surface area contributed by atoms with Crippen LogP contribution in [0.1, 0.15) is 13.3 Å². The Morgan fingerprint density at radius 2 is 2.36 bits per heavy atom. The predicted molar refractivity (Wildman–Crippen MR) is 46.6 cm³/mol. The van der Waals surface area contributed by atoms with Gasteiger partial charge in [-0.3, -0.25) is 4.79 Å². The molecule has 0 bridgehead atoms. The first-order valence-corrected chi connectivity index (χ1v) is 4.29. The number of carbonyl (C=O) groups excluding carboxylic acids is 2. The fraction of sp³-hybridized carbons (Fsp3) is 0.556. The summed E-state index contributed by atoms with van der Waals surface area (Å²) in [6.07, 6.45) is 1.09. The Labute approximate surface area is 81.6 Å². The summed E-state index contributed by atoms with van der Waals surface area (Å²) in [7, 11) is 1.21. The molecule has 14 heavy (non-hydrogen) atoms. The fourth-order valence-electron chi connectivity index (χ4n) is 1.06. The Kier molecular flexibility index (Phi) is 3.64. The molecule has 0 saturated carbocycles. The van der Waals surface area contributed by atoms with Crippen LogP contribution in [-0.4, -0.2) is 31.4 Å². The molecule has 2 atom stereocenters. The van der Waals surface area contributed by atoms with Crippen LogP contribution in [0.5, 0.6) is 0 Å². The molecule has 78 valence electrons. The van der Waals surface area contributed by atoms with Crippen molar-refractivity contribution in [2.75, 3.05) is 7.11 Å². The topological polar surface area (TPSA) is 61.8 Å². The van der Waals surface area contributed by atoms with Gasteiger partial charge in [-0.15, -0.1) is 0 Å². The molecule has 0 aromatic heterocycles. The zero-order valence-corrected chi connectivity index (χ0v) is 8.06. The Morgan fingerprint density at radius 3 is 2.93 bits per heavy atom. The second kappa shape index (κ2) is 4.76. The third kappa shape index (κ3) is 2.56. The average molecular weight is 200 g/mol. The van der Waals surface area contributed by atoms with Crippen molar-refractivity contribution in [2.24, 2.45) is 0 Å². The van der Waals surface area contributed by atoms with Gasteiger partial charge >= 0.3 is 6.16 Å². The minimum Gasteiger partial charge on any atom is -0.438 e. The largest absolute Gasteiger partial charge is 0.510 e. The van der Waals surface area contributed by atoms with E-state index < -0.39 is 18.5 Å². The Morgan fingerprint density at radius 1 is 1.64 bits per heavy atom. The highest BCUT2D eigenvalue weighted by Gasteiger charge is 2.25. The molecule has 0 aliphatic carbocycles. The summed E-state index contributed by atoms with van der Waals surface area (Å²) in [6.45, 7) is 1.82. The highest BCUT2D eigenvalue weighted by Crippen LogP contribution is 2.13. The number of rotatable bonds is 2. The summed E-state index contributed by atoms with van der Waals surface area (Å²) in [5.41, 5.74) is 0. The molecule has 0 saturated heterocycles. The number of carbonyl (C=O) groups is 2. The van der Waals surface area contributed by atoms with E-state index in [1.165, 1.54) is 19.3 Å². The summed E-state index contributed by atoms with van der Waals surface area (Å²) >= 11 is 0. The molecule has 1 aliphatic heterocycles. The van der Waals surface area contributed by atoms with Crippen molar-refractivity contribution < 1.29 is 23.8 Å². The van der Waals surface area contributed by atoms with E-state index in [4.69, 9.17) is 9.47 Å². The molecular formula is C9H12O5. The first-order valence-electron chi connectivity index (χ1n) is 4.29. The lowest BCUT2D eigenvalue weighted by Crippen LogP contribution is -2.33. The standard InChI is InChI=1S/C9H12O5/c1-3-7-6(10)4-5-8(13-7)14-9(11)12-2/h4-5,7-8H,3H2,1-2H3. The number of methoxy groups -OCH3 is 1. The minimum absolute atomic E-state index is 0.114. The molecule has 1 heterocycles. The van der Waals surface area contributed by atoms with Crippen LogP contribution in [0.15, 0.2) is 12.2 Å². The first kappa shape index (κ1) is 10.7. The molecule has 0 aromatic carbocycles. The average Bonchev–Trinajstić information content (AvgIpc) is 2.20. The van der Waals surface area contributed by atoms with Gasteiger partial charge in [-0.2, -0.15) is 0 Å². The molecule has 5 nitrogen and oxygen atoms in total. The van der Waals surface area contributed by atoms with E-state index in [-0.39, 0.29) is 5.78 Å². The van der Waals surface area contributed by atoms with Crippen molar-refractivity contribution in [3.8, 4) is 0 Å². The maximum Gasteiger partial charge on any atom is 0.510 e. The van der Waals surface area contributed by atoms with Crippen molar-refractivity contribution in [1.82, 2.24) is 0 Å². The van der Waals surface area contributed by atoms with Gasteiger partial charge in [-0.1, -0.05) is 6.92 Å². The Hall–Kier alpha value is -1.36. The minimum atomic E-state index is -0.830. The molecule has 2 unspecified atom stereocenters. The molecule has 0 aromatic rings. The summed E-state index contributed by atoms with van der Waals surface area (Å²) < 4.78 is 14.1. The van der Waals surface area contributed by atoms with Crippen molar-refractivity contribution in [1.29, 1.82) is 0 Å². The van der Waals surface area contributed by atoms with Gasteiger partial charge in [-0.25, -0.2) is 4.79 Å². The van der Waals surface area contributed by atoms with E-state index >= 15 is 0 Å².